The van der Waals surface area contributed by atoms with Gasteiger partial charge in [0.05, 0.1) is 12.8 Å². The molecular weight excluding hydrogens is 260 g/mol. The van der Waals surface area contributed by atoms with Gasteiger partial charge in [0, 0.05) is 6.20 Å². The van der Waals surface area contributed by atoms with Crippen molar-refractivity contribution in [3.05, 3.63) is 47.5 Å². The van der Waals surface area contributed by atoms with Crippen molar-refractivity contribution in [2.24, 2.45) is 0 Å². The van der Waals surface area contributed by atoms with Gasteiger partial charge in [0.25, 0.3) is 0 Å². The SMILES string of the molecule is COc1cc(C)ccc1OCc1ncncc1C(=O)O. The number of ether oxygens (including phenoxy) is 2. The standard InChI is InChI=1S/C14H14N2O4/c1-9-3-4-12(13(5-9)19-2)20-7-11-10(14(17)18)6-15-8-16-11/h3-6,8H,7H2,1-2H3,(H,17,18). The van der Waals surface area contributed by atoms with E-state index in [0.29, 0.717) is 17.2 Å². The summed E-state index contributed by atoms with van der Waals surface area (Å²) in [5.41, 5.74) is 1.39. The Bertz CT molecular complexity index is 628. The van der Waals surface area contributed by atoms with Crippen LogP contribution >= 0.6 is 0 Å². The molecular formula is C14H14N2O4. The number of hydrogen-bond acceptors (Lipinski definition) is 5. The molecule has 1 heterocycles. The van der Waals surface area contributed by atoms with Crippen molar-refractivity contribution in [1.82, 2.24) is 9.97 Å². The van der Waals surface area contributed by atoms with Gasteiger partial charge in [-0.1, -0.05) is 6.07 Å². The van der Waals surface area contributed by atoms with Crippen LogP contribution in [0.4, 0.5) is 0 Å². The van der Waals surface area contributed by atoms with Gasteiger partial charge in [-0.3, -0.25) is 0 Å². The van der Waals surface area contributed by atoms with Crippen molar-refractivity contribution in [2.75, 3.05) is 7.11 Å². The summed E-state index contributed by atoms with van der Waals surface area (Å²) < 4.78 is 10.8. The number of carboxylic acid groups (broad SMARTS) is 1. The third-order valence-corrected chi connectivity index (χ3v) is 2.71. The summed E-state index contributed by atoms with van der Waals surface area (Å²) in [6.07, 6.45) is 2.54. The first-order valence-electron chi connectivity index (χ1n) is 5.91. The van der Waals surface area contributed by atoms with Crippen molar-refractivity contribution in [1.29, 1.82) is 0 Å². The third-order valence-electron chi connectivity index (χ3n) is 2.71. The number of aryl methyl sites for hydroxylation is 1. The van der Waals surface area contributed by atoms with E-state index in [4.69, 9.17) is 14.6 Å². The topological polar surface area (TPSA) is 81.5 Å². The summed E-state index contributed by atoms with van der Waals surface area (Å²) in [7, 11) is 1.55. The number of aromatic carboxylic acids is 1. The highest BCUT2D eigenvalue weighted by Crippen LogP contribution is 2.28. The lowest BCUT2D eigenvalue weighted by Gasteiger charge is -2.11. The fourth-order valence-electron chi connectivity index (χ4n) is 1.69. The molecule has 1 N–H and O–H groups in total. The first-order chi connectivity index (χ1) is 9.61. The van der Waals surface area contributed by atoms with E-state index in [1.165, 1.54) is 12.5 Å². The highest BCUT2D eigenvalue weighted by atomic mass is 16.5. The number of methoxy groups -OCH3 is 1. The molecule has 1 aromatic carbocycles. The summed E-state index contributed by atoms with van der Waals surface area (Å²) in [5.74, 6) is 0.0454. The smallest absolute Gasteiger partial charge is 0.339 e. The molecule has 0 radical (unpaired) electrons. The molecule has 6 heteroatoms. The maximum Gasteiger partial charge on any atom is 0.339 e. The third kappa shape index (κ3) is 3.03. The van der Waals surface area contributed by atoms with Crippen LogP contribution in [0.3, 0.4) is 0 Å². The summed E-state index contributed by atoms with van der Waals surface area (Å²) in [4.78, 5) is 18.7. The minimum atomic E-state index is -1.08. The molecule has 0 aliphatic heterocycles. The first-order valence-corrected chi connectivity index (χ1v) is 5.91. The second-order valence-electron chi connectivity index (χ2n) is 4.13. The monoisotopic (exact) mass is 274 g/mol. The molecule has 0 unspecified atom stereocenters. The Morgan fingerprint density at radius 3 is 2.85 bits per heavy atom. The normalized spacial score (nSPS) is 10.1. The number of aromatic nitrogens is 2. The van der Waals surface area contributed by atoms with Crippen molar-refractivity contribution in [3.63, 3.8) is 0 Å². The fourth-order valence-corrected chi connectivity index (χ4v) is 1.69. The van der Waals surface area contributed by atoms with E-state index in [0.717, 1.165) is 5.56 Å². The first kappa shape index (κ1) is 13.8. The Hall–Kier alpha value is -2.63. The van der Waals surface area contributed by atoms with Gasteiger partial charge in [-0.25, -0.2) is 14.8 Å². The van der Waals surface area contributed by atoms with Gasteiger partial charge >= 0.3 is 5.97 Å². The quantitative estimate of drug-likeness (QED) is 0.898. The molecule has 20 heavy (non-hydrogen) atoms. The summed E-state index contributed by atoms with van der Waals surface area (Å²) >= 11 is 0. The molecule has 0 saturated carbocycles. The molecule has 0 aliphatic carbocycles. The van der Waals surface area contributed by atoms with Crippen LogP contribution in [-0.2, 0) is 6.61 Å². The molecule has 2 rings (SSSR count). The van der Waals surface area contributed by atoms with Crippen molar-refractivity contribution < 1.29 is 19.4 Å². The van der Waals surface area contributed by atoms with E-state index >= 15 is 0 Å². The van der Waals surface area contributed by atoms with Crippen molar-refractivity contribution in [2.45, 2.75) is 13.5 Å². The van der Waals surface area contributed by atoms with E-state index < -0.39 is 5.97 Å². The number of carbonyl (C=O) groups is 1. The van der Waals surface area contributed by atoms with E-state index in [1.54, 1.807) is 13.2 Å². The largest absolute Gasteiger partial charge is 0.493 e. The zero-order valence-corrected chi connectivity index (χ0v) is 11.2. The fraction of sp³-hybridized carbons (Fsp3) is 0.214. The van der Waals surface area contributed by atoms with Gasteiger partial charge in [-0.15, -0.1) is 0 Å². The average molecular weight is 274 g/mol. The highest BCUT2D eigenvalue weighted by Gasteiger charge is 2.13. The summed E-state index contributed by atoms with van der Waals surface area (Å²) in [6, 6.07) is 5.50. The molecule has 0 atom stereocenters. The van der Waals surface area contributed by atoms with Gasteiger partial charge in [0.2, 0.25) is 0 Å². The zero-order valence-electron chi connectivity index (χ0n) is 11.2. The second-order valence-corrected chi connectivity index (χ2v) is 4.13. The predicted molar refractivity (Wildman–Crippen MR) is 71.1 cm³/mol. The molecule has 1 aromatic heterocycles. The molecule has 6 nitrogen and oxygen atoms in total. The lowest BCUT2D eigenvalue weighted by Crippen LogP contribution is -2.09. The highest BCUT2D eigenvalue weighted by molar-refractivity contribution is 5.88. The average Bonchev–Trinajstić information content (AvgIpc) is 2.46. The Balaban J connectivity index is 2.19. The van der Waals surface area contributed by atoms with Crippen LogP contribution < -0.4 is 9.47 Å². The van der Waals surface area contributed by atoms with Gasteiger partial charge in [-0.05, 0) is 24.6 Å². The number of nitrogens with zero attached hydrogens (tertiary/aromatic N) is 2. The Kier molecular flexibility index (Phi) is 4.14. The van der Waals surface area contributed by atoms with Crippen molar-refractivity contribution >= 4 is 5.97 Å². The molecule has 0 bridgehead atoms. The van der Waals surface area contributed by atoms with Crippen LogP contribution in [0.25, 0.3) is 0 Å². The Morgan fingerprint density at radius 1 is 1.35 bits per heavy atom. The van der Waals surface area contributed by atoms with E-state index in [1.807, 2.05) is 19.1 Å². The summed E-state index contributed by atoms with van der Waals surface area (Å²) in [6.45, 7) is 1.98. The number of rotatable bonds is 5. The van der Waals surface area contributed by atoms with Crippen molar-refractivity contribution in [3.8, 4) is 11.5 Å². The minimum Gasteiger partial charge on any atom is -0.493 e. The van der Waals surface area contributed by atoms with Crippen LogP contribution in [0.15, 0.2) is 30.7 Å². The van der Waals surface area contributed by atoms with Crippen LogP contribution in [0.1, 0.15) is 21.6 Å². The van der Waals surface area contributed by atoms with Crippen LogP contribution in [0, 0.1) is 6.92 Å². The molecule has 0 amide bonds. The van der Waals surface area contributed by atoms with Gasteiger partial charge < -0.3 is 14.6 Å². The number of benzene rings is 1. The molecule has 0 saturated heterocycles. The lowest BCUT2D eigenvalue weighted by atomic mass is 10.2. The van der Waals surface area contributed by atoms with E-state index in [2.05, 4.69) is 9.97 Å². The molecule has 2 aromatic rings. The Morgan fingerprint density at radius 2 is 2.15 bits per heavy atom. The van der Waals surface area contributed by atoms with Gasteiger partial charge in [0.15, 0.2) is 11.5 Å². The van der Waals surface area contributed by atoms with Crippen LogP contribution in [0.5, 0.6) is 11.5 Å². The number of hydrogen-bond donors (Lipinski definition) is 1. The van der Waals surface area contributed by atoms with Gasteiger partial charge in [-0.2, -0.15) is 0 Å². The van der Waals surface area contributed by atoms with Crippen LogP contribution in [-0.4, -0.2) is 28.2 Å². The minimum absolute atomic E-state index is 0.0265. The van der Waals surface area contributed by atoms with E-state index in [9.17, 15) is 4.79 Å². The van der Waals surface area contributed by atoms with Gasteiger partial charge in [0.1, 0.15) is 18.5 Å². The maximum atomic E-state index is 11.0. The second kappa shape index (κ2) is 6.01. The molecule has 0 fully saturated rings. The summed E-state index contributed by atoms with van der Waals surface area (Å²) in [5, 5.41) is 9.04. The van der Waals surface area contributed by atoms with Crippen LogP contribution in [0.2, 0.25) is 0 Å². The maximum absolute atomic E-state index is 11.0. The predicted octanol–water partition coefficient (Wildman–Crippen LogP) is 2.07. The Labute approximate surface area is 116 Å². The number of carboxylic acids is 1. The lowest BCUT2D eigenvalue weighted by molar-refractivity contribution is 0.0692. The molecule has 0 aliphatic rings. The van der Waals surface area contributed by atoms with E-state index in [-0.39, 0.29) is 12.2 Å². The zero-order chi connectivity index (χ0) is 14.5. The molecule has 104 valence electrons. The molecule has 0 spiro atoms.